The number of hydrogen-bond donors (Lipinski definition) is 1. The van der Waals surface area contributed by atoms with Crippen LogP contribution in [0.3, 0.4) is 0 Å². The predicted octanol–water partition coefficient (Wildman–Crippen LogP) is 5.24. The third kappa shape index (κ3) is 3.64. The molecule has 2 rings (SSSR count). The summed E-state index contributed by atoms with van der Waals surface area (Å²) in [5, 5.41) is 8.98. The third-order valence-corrected chi connectivity index (χ3v) is 3.71. The first-order valence-electron chi connectivity index (χ1n) is 6.59. The van der Waals surface area contributed by atoms with Crippen molar-refractivity contribution in [2.75, 3.05) is 0 Å². The van der Waals surface area contributed by atoms with Gasteiger partial charge < -0.3 is 9.84 Å². The number of carboxylic acids is 1. The minimum atomic E-state index is -0.961. The molecule has 110 valence electrons. The fraction of sp³-hybridized carbons (Fsp3) is 0.235. The van der Waals surface area contributed by atoms with Crippen LogP contribution >= 0.6 is 15.9 Å². The molecule has 0 aliphatic heterocycles. The zero-order valence-corrected chi connectivity index (χ0v) is 13.8. The highest BCUT2D eigenvalue weighted by Crippen LogP contribution is 2.36. The molecule has 0 aliphatic rings. The van der Waals surface area contributed by atoms with Crippen molar-refractivity contribution >= 4 is 21.9 Å². The van der Waals surface area contributed by atoms with Crippen LogP contribution in [-0.2, 0) is 5.41 Å². The Morgan fingerprint density at radius 2 is 1.76 bits per heavy atom. The Kier molecular flexibility index (Phi) is 4.37. The second-order valence-corrected chi connectivity index (χ2v) is 6.65. The molecule has 0 bridgehead atoms. The summed E-state index contributed by atoms with van der Waals surface area (Å²) in [6, 6.07) is 12.6. The largest absolute Gasteiger partial charge is 0.478 e. The topological polar surface area (TPSA) is 46.5 Å². The first-order valence-corrected chi connectivity index (χ1v) is 7.38. The van der Waals surface area contributed by atoms with Gasteiger partial charge >= 0.3 is 5.97 Å². The van der Waals surface area contributed by atoms with Crippen LogP contribution in [-0.4, -0.2) is 11.1 Å². The maximum absolute atomic E-state index is 10.9. The lowest BCUT2D eigenvalue weighted by Crippen LogP contribution is -2.12. The van der Waals surface area contributed by atoms with Crippen molar-refractivity contribution < 1.29 is 14.6 Å². The van der Waals surface area contributed by atoms with E-state index in [0.717, 1.165) is 11.3 Å². The van der Waals surface area contributed by atoms with E-state index in [1.165, 1.54) is 12.1 Å². The van der Waals surface area contributed by atoms with E-state index < -0.39 is 5.97 Å². The highest BCUT2D eigenvalue weighted by Gasteiger charge is 2.19. The van der Waals surface area contributed by atoms with Crippen LogP contribution in [0.1, 0.15) is 36.7 Å². The van der Waals surface area contributed by atoms with Crippen LogP contribution in [0.2, 0.25) is 0 Å². The Hall–Kier alpha value is -1.81. The number of benzene rings is 2. The highest BCUT2D eigenvalue weighted by atomic mass is 79.9. The fourth-order valence-electron chi connectivity index (χ4n) is 2.01. The zero-order chi connectivity index (χ0) is 15.6. The number of para-hydroxylation sites is 1. The summed E-state index contributed by atoms with van der Waals surface area (Å²) in [6.07, 6.45) is 0. The van der Waals surface area contributed by atoms with Gasteiger partial charge in [-0.05, 0) is 45.6 Å². The zero-order valence-electron chi connectivity index (χ0n) is 12.2. The van der Waals surface area contributed by atoms with Gasteiger partial charge in [-0.25, -0.2) is 4.79 Å². The lowest BCUT2D eigenvalue weighted by molar-refractivity contribution is 0.0697. The smallest absolute Gasteiger partial charge is 0.335 e. The molecule has 0 aliphatic carbocycles. The van der Waals surface area contributed by atoms with Crippen molar-refractivity contribution in [3.05, 3.63) is 58.1 Å². The Bertz CT molecular complexity index is 672. The summed E-state index contributed by atoms with van der Waals surface area (Å²) in [6.45, 7) is 6.37. The number of carboxylic acid groups (broad SMARTS) is 1. The minimum absolute atomic E-state index is 0.0376. The molecular weight excluding hydrogens is 332 g/mol. The van der Waals surface area contributed by atoms with E-state index in [9.17, 15) is 4.79 Å². The van der Waals surface area contributed by atoms with E-state index in [4.69, 9.17) is 9.84 Å². The lowest BCUT2D eigenvalue weighted by atomic mass is 9.86. The Balaban J connectivity index is 2.38. The standard InChI is InChI=1S/C17H17BrO3/c1-17(2,3)12-6-4-5-7-14(12)21-15-9-8-11(16(19)20)10-13(15)18/h4-10H,1-3H3,(H,19,20). The number of halogens is 1. The van der Waals surface area contributed by atoms with Gasteiger partial charge in [-0.2, -0.15) is 0 Å². The van der Waals surface area contributed by atoms with Crippen LogP contribution in [0.25, 0.3) is 0 Å². The van der Waals surface area contributed by atoms with Crippen molar-refractivity contribution in [3.63, 3.8) is 0 Å². The Morgan fingerprint density at radius 3 is 2.33 bits per heavy atom. The molecule has 0 atom stereocenters. The first kappa shape index (κ1) is 15.6. The summed E-state index contributed by atoms with van der Waals surface area (Å²) < 4.78 is 6.58. The van der Waals surface area contributed by atoms with Crippen LogP contribution in [0, 0.1) is 0 Å². The lowest BCUT2D eigenvalue weighted by Gasteiger charge is -2.22. The molecule has 0 saturated heterocycles. The van der Waals surface area contributed by atoms with E-state index in [2.05, 4.69) is 36.7 Å². The number of ether oxygens (including phenoxy) is 1. The van der Waals surface area contributed by atoms with E-state index in [0.29, 0.717) is 10.2 Å². The Morgan fingerprint density at radius 1 is 1.10 bits per heavy atom. The van der Waals surface area contributed by atoms with E-state index in [1.54, 1.807) is 6.07 Å². The second kappa shape index (κ2) is 5.90. The molecule has 4 heteroatoms. The fourth-order valence-corrected chi connectivity index (χ4v) is 2.47. The van der Waals surface area contributed by atoms with Gasteiger partial charge in [0.05, 0.1) is 10.0 Å². The molecule has 0 heterocycles. The number of carbonyl (C=O) groups is 1. The molecule has 0 radical (unpaired) electrons. The van der Waals surface area contributed by atoms with E-state index in [1.807, 2.05) is 24.3 Å². The molecule has 0 amide bonds. The van der Waals surface area contributed by atoms with Crippen molar-refractivity contribution in [2.45, 2.75) is 26.2 Å². The Labute approximate surface area is 132 Å². The summed E-state index contributed by atoms with van der Waals surface area (Å²) in [5.74, 6) is 0.405. The average molecular weight is 349 g/mol. The summed E-state index contributed by atoms with van der Waals surface area (Å²) in [7, 11) is 0. The number of hydrogen-bond acceptors (Lipinski definition) is 2. The van der Waals surface area contributed by atoms with Gasteiger partial charge in [0.2, 0.25) is 0 Å². The quantitative estimate of drug-likeness (QED) is 0.825. The van der Waals surface area contributed by atoms with Gasteiger partial charge in [0.25, 0.3) is 0 Å². The molecule has 0 spiro atoms. The van der Waals surface area contributed by atoms with Crippen molar-refractivity contribution in [1.29, 1.82) is 0 Å². The van der Waals surface area contributed by atoms with Crippen molar-refractivity contribution in [1.82, 2.24) is 0 Å². The summed E-state index contributed by atoms with van der Waals surface area (Å²) >= 11 is 3.36. The molecule has 2 aromatic rings. The van der Waals surface area contributed by atoms with Gasteiger partial charge in [0.15, 0.2) is 0 Å². The van der Waals surface area contributed by atoms with Gasteiger partial charge in [-0.15, -0.1) is 0 Å². The molecule has 0 aromatic heterocycles. The minimum Gasteiger partial charge on any atom is -0.478 e. The molecule has 0 saturated carbocycles. The summed E-state index contributed by atoms with van der Waals surface area (Å²) in [5.41, 5.74) is 1.28. The molecule has 21 heavy (non-hydrogen) atoms. The van der Waals surface area contributed by atoms with Crippen LogP contribution in [0.5, 0.6) is 11.5 Å². The van der Waals surface area contributed by atoms with Crippen molar-refractivity contribution in [2.24, 2.45) is 0 Å². The SMILES string of the molecule is CC(C)(C)c1ccccc1Oc1ccc(C(=O)O)cc1Br. The van der Waals surface area contributed by atoms with E-state index in [-0.39, 0.29) is 11.0 Å². The molecule has 2 aromatic carbocycles. The molecule has 0 fully saturated rings. The van der Waals surface area contributed by atoms with Crippen LogP contribution in [0.4, 0.5) is 0 Å². The normalized spacial score (nSPS) is 11.2. The number of aromatic carboxylic acids is 1. The maximum atomic E-state index is 10.9. The van der Waals surface area contributed by atoms with Crippen LogP contribution < -0.4 is 4.74 Å². The molecule has 3 nitrogen and oxygen atoms in total. The monoisotopic (exact) mass is 348 g/mol. The molecular formula is C17H17BrO3. The highest BCUT2D eigenvalue weighted by molar-refractivity contribution is 9.10. The third-order valence-electron chi connectivity index (χ3n) is 3.09. The average Bonchev–Trinajstić information content (AvgIpc) is 2.40. The van der Waals surface area contributed by atoms with Gasteiger partial charge in [-0.3, -0.25) is 0 Å². The number of rotatable bonds is 3. The predicted molar refractivity (Wildman–Crippen MR) is 86.3 cm³/mol. The molecule has 1 N–H and O–H groups in total. The van der Waals surface area contributed by atoms with Crippen molar-refractivity contribution in [3.8, 4) is 11.5 Å². The maximum Gasteiger partial charge on any atom is 0.335 e. The molecule has 0 unspecified atom stereocenters. The van der Waals surface area contributed by atoms with Gasteiger partial charge in [0, 0.05) is 5.56 Å². The summed E-state index contributed by atoms with van der Waals surface area (Å²) in [4.78, 5) is 10.9. The van der Waals surface area contributed by atoms with Gasteiger partial charge in [0.1, 0.15) is 11.5 Å². The van der Waals surface area contributed by atoms with Crippen LogP contribution in [0.15, 0.2) is 46.9 Å². The first-order chi connectivity index (χ1) is 9.79. The van der Waals surface area contributed by atoms with E-state index >= 15 is 0 Å². The van der Waals surface area contributed by atoms with Gasteiger partial charge in [-0.1, -0.05) is 39.0 Å². The second-order valence-electron chi connectivity index (χ2n) is 5.80.